The second-order valence-corrected chi connectivity index (χ2v) is 11.7. The third-order valence-electron chi connectivity index (χ3n) is 7.49. The molecule has 0 heterocycles. The molecule has 0 aliphatic carbocycles. The van der Waals surface area contributed by atoms with Crippen LogP contribution < -0.4 is 4.74 Å². The summed E-state index contributed by atoms with van der Waals surface area (Å²) in [6, 6.07) is 8.47. The molecule has 0 radical (unpaired) electrons. The van der Waals surface area contributed by atoms with E-state index in [9.17, 15) is 0 Å². The quantitative estimate of drug-likeness (QED) is 0.0663. The van der Waals surface area contributed by atoms with Gasteiger partial charge in [-0.2, -0.15) is 0 Å². The van der Waals surface area contributed by atoms with Crippen LogP contribution >= 0.6 is 0 Å². The van der Waals surface area contributed by atoms with Crippen LogP contribution in [0.15, 0.2) is 24.3 Å². The molecule has 0 N–H and O–H groups in total. The van der Waals surface area contributed by atoms with Gasteiger partial charge >= 0.3 is 0 Å². The van der Waals surface area contributed by atoms with Crippen LogP contribution in [0.25, 0.3) is 0 Å². The Kier molecular flexibility index (Phi) is 34.9. The normalized spacial score (nSPS) is 11.4. The summed E-state index contributed by atoms with van der Waals surface area (Å²) in [5, 5.41) is 0. The zero-order valence-corrected chi connectivity index (χ0v) is 30.2. The summed E-state index contributed by atoms with van der Waals surface area (Å²) in [6.45, 7) is 14.2. The first-order chi connectivity index (χ1) is 23.4. The highest BCUT2D eigenvalue weighted by Gasteiger charge is 1.99. The number of hydrogen-bond donors (Lipinski definition) is 0. The average molecular weight is 671 g/mol. The van der Waals surface area contributed by atoms with Crippen molar-refractivity contribution in [3.05, 3.63) is 29.8 Å². The maximum atomic E-state index is 5.78. The van der Waals surface area contributed by atoms with E-state index in [1.54, 1.807) is 0 Å². The summed E-state index contributed by atoms with van der Waals surface area (Å²) < 4.78 is 50.1. The molecule has 0 aromatic heterocycles. The molecule has 9 nitrogen and oxygen atoms in total. The van der Waals surface area contributed by atoms with Crippen LogP contribution in [0.1, 0.15) is 96.5 Å². The molecule has 1 aromatic rings. The maximum absolute atomic E-state index is 5.78. The van der Waals surface area contributed by atoms with Gasteiger partial charge < -0.3 is 42.6 Å². The van der Waals surface area contributed by atoms with Gasteiger partial charge in [0.05, 0.1) is 99.1 Å². The van der Waals surface area contributed by atoms with Crippen molar-refractivity contribution in [1.82, 2.24) is 0 Å². The van der Waals surface area contributed by atoms with E-state index in [1.807, 2.05) is 0 Å². The Morgan fingerprint density at radius 3 is 1.04 bits per heavy atom. The lowest BCUT2D eigenvalue weighted by Gasteiger charge is -2.09. The van der Waals surface area contributed by atoms with Crippen molar-refractivity contribution in [2.75, 3.05) is 112 Å². The fourth-order valence-electron chi connectivity index (χ4n) is 4.71. The Hall–Kier alpha value is -1.30. The second-order valence-electron chi connectivity index (χ2n) is 11.7. The van der Waals surface area contributed by atoms with E-state index in [4.69, 9.17) is 42.6 Å². The lowest BCUT2D eigenvalue weighted by molar-refractivity contribution is -0.0236. The van der Waals surface area contributed by atoms with Gasteiger partial charge in [0, 0.05) is 6.61 Å². The van der Waals surface area contributed by atoms with Gasteiger partial charge in [0.2, 0.25) is 0 Å². The molecule has 276 valence electrons. The average Bonchev–Trinajstić information content (AvgIpc) is 3.09. The van der Waals surface area contributed by atoms with Crippen LogP contribution in [0, 0.1) is 0 Å². The van der Waals surface area contributed by atoms with Gasteiger partial charge in [0.25, 0.3) is 0 Å². The Morgan fingerprint density at radius 2 is 0.638 bits per heavy atom. The van der Waals surface area contributed by atoms with Crippen molar-refractivity contribution in [2.45, 2.75) is 97.3 Å². The zero-order valence-electron chi connectivity index (χ0n) is 30.2. The second kappa shape index (κ2) is 37.5. The van der Waals surface area contributed by atoms with E-state index < -0.39 is 0 Å². The molecule has 0 atom stereocenters. The van der Waals surface area contributed by atoms with E-state index >= 15 is 0 Å². The number of rotatable bonds is 39. The van der Waals surface area contributed by atoms with Gasteiger partial charge in [-0.1, -0.05) is 90.2 Å². The summed E-state index contributed by atoms with van der Waals surface area (Å²) in [5.41, 5.74) is 1.39. The summed E-state index contributed by atoms with van der Waals surface area (Å²) in [6.07, 6.45) is 16.9. The third-order valence-corrected chi connectivity index (χ3v) is 7.49. The molecule has 0 aliphatic heterocycles. The topological polar surface area (TPSA) is 83.1 Å². The Labute approximate surface area is 287 Å². The van der Waals surface area contributed by atoms with Crippen LogP contribution in [0.2, 0.25) is 0 Å². The first-order valence-electron chi connectivity index (χ1n) is 18.7. The molecule has 0 fully saturated rings. The summed E-state index contributed by atoms with van der Waals surface area (Å²) in [4.78, 5) is 0. The van der Waals surface area contributed by atoms with Crippen molar-refractivity contribution in [2.24, 2.45) is 0 Å². The fourth-order valence-corrected chi connectivity index (χ4v) is 4.71. The van der Waals surface area contributed by atoms with Crippen LogP contribution in [-0.2, 0) is 44.3 Å². The molecule has 9 heteroatoms. The van der Waals surface area contributed by atoms with Crippen molar-refractivity contribution in [3.8, 4) is 5.75 Å². The molecular weight excluding hydrogens is 600 g/mol. The molecular formula is C38H70O9. The lowest BCUT2D eigenvalue weighted by Crippen LogP contribution is -2.15. The molecule has 47 heavy (non-hydrogen) atoms. The van der Waals surface area contributed by atoms with E-state index in [0.29, 0.717) is 106 Å². The van der Waals surface area contributed by atoms with Gasteiger partial charge in [0.15, 0.2) is 0 Å². The van der Waals surface area contributed by atoms with Crippen molar-refractivity contribution < 1.29 is 42.6 Å². The predicted molar refractivity (Wildman–Crippen MR) is 189 cm³/mol. The standard InChI is InChI=1S/C38H70O9/c1-3-5-7-9-10-11-13-15-37-16-18-38(19-17-37)47-36-35-46-34-33-45-32-31-44-30-29-43-28-27-42-26-25-41-24-23-40-22-21-39-20-14-12-8-6-4-2/h16-19H,3-15,20-36H2,1-2H3. The van der Waals surface area contributed by atoms with E-state index in [-0.39, 0.29) is 0 Å². The summed E-state index contributed by atoms with van der Waals surface area (Å²) in [5.74, 6) is 0.893. The first-order valence-corrected chi connectivity index (χ1v) is 18.7. The van der Waals surface area contributed by atoms with Crippen LogP contribution in [0.4, 0.5) is 0 Å². The summed E-state index contributed by atoms with van der Waals surface area (Å²) in [7, 11) is 0. The minimum atomic E-state index is 0.532. The number of unbranched alkanes of at least 4 members (excludes halogenated alkanes) is 10. The SMILES string of the molecule is CCCCCCCCCc1ccc(OCCOCCOCCOCCOCCOCCOCCOCCOCCCCCCC)cc1. The highest BCUT2D eigenvalue weighted by atomic mass is 16.6. The Bertz CT molecular complexity index is 720. The molecule has 0 unspecified atom stereocenters. The Morgan fingerprint density at radius 1 is 0.319 bits per heavy atom. The monoisotopic (exact) mass is 671 g/mol. The fraction of sp³-hybridized carbons (Fsp3) is 0.842. The third kappa shape index (κ3) is 33.0. The zero-order chi connectivity index (χ0) is 33.6. The Balaban J connectivity index is 1.71. The molecule has 0 saturated carbocycles. The van der Waals surface area contributed by atoms with Crippen molar-refractivity contribution >= 4 is 0 Å². The van der Waals surface area contributed by atoms with E-state index in [2.05, 4.69) is 38.1 Å². The molecule has 1 rings (SSSR count). The van der Waals surface area contributed by atoms with Crippen molar-refractivity contribution in [1.29, 1.82) is 0 Å². The number of ether oxygens (including phenoxy) is 9. The molecule has 0 spiro atoms. The van der Waals surface area contributed by atoms with Gasteiger partial charge in [-0.05, 0) is 37.0 Å². The molecule has 0 aliphatic rings. The summed E-state index contributed by atoms with van der Waals surface area (Å²) >= 11 is 0. The van der Waals surface area contributed by atoms with Gasteiger partial charge in [-0.25, -0.2) is 0 Å². The highest BCUT2D eigenvalue weighted by molar-refractivity contribution is 5.27. The van der Waals surface area contributed by atoms with Crippen molar-refractivity contribution in [3.63, 3.8) is 0 Å². The minimum absolute atomic E-state index is 0.532. The van der Waals surface area contributed by atoms with Gasteiger partial charge in [-0.3, -0.25) is 0 Å². The van der Waals surface area contributed by atoms with Gasteiger partial charge in [-0.15, -0.1) is 0 Å². The first kappa shape index (κ1) is 43.7. The van der Waals surface area contributed by atoms with Gasteiger partial charge in [0.1, 0.15) is 12.4 Å². The number of hydrogen-bond acceptors (Lipinski definition) is 9. The van der Waals surface area contributed by atoms with E-state index in [1.165, 1.54) is 76.2 Å². The van der Waals surface area contributed by atoms with E-state index in [0.717, 1.165) is 25.2 Å². The molecule has 1 aromatic carbocycles. The number of benzene rings is 1. The minimum Gasteiger partial charge on any atom is -0.491 e. The smallest absolute Gasteiger partial charge is 0.119 e. The molecule has 0 saturated heterocycles. The van der Waals surface area contributed by atoms with Crippen LogP contribution in [0.5, 0.6) is 5.75 Å². The maximum Gasteiger partial charge on any atom is 0.119 e. The predicted octanol–water partition coefficient (Wildman–Crippen LogP) is 7.46. The van der Waals surface area contributed by atoms with Crippen LogP contribution in [0.3, 0.4) is 0 Å². The largest absolute Gasteiger partial charge is 0.491 e. The highest BCUT2D eigenvalue weighted by Crippen LogP contribution is 2.15. The molecule has 0 amide bonds. The lowest BCUT2D eigenvalue weighted by atomic mass is 10.0. The molecule has 0 bridgehead atoms. The number of aryl methyl sites for hydroxylation is 1. The van der Waals surface area contributed by atoms with Crippen LogP contribution in [-0.4, -0.2) is 112 Å².